The van der Waals surface area contributed by atoms with Crippen LogP contribution < -0.4 is 10.1 Å². The number of hydrogen-bond acceptors (Lipinski definition) is 4. The Kier molecular flexibility index (Phi) is 5.59. The molecule has 0 spiro atoms. The molecule has 2 heterocycles. The van der Waals surface area contributed by atoms with Crippen LogP contribution >= 0.6 is 0 Å². The molecule has 0 saturated carbocycles. The zero-order valence-electron chi connectivity index (χ0n) is 13.7. The van der Waals surface area contributed by atoms with Gasteiger partial charge in [-0.05, 0) is 24.6 Å². The molecular formula is C17H28N2O2. The summed E-state index contributed by atoms with van der Waals surface area (Å²) in [6.07, 6.45) is 2.23. The van der Waals surface area contributed by atoms with Gasteiger partial charge in [-0.2, -0.15) is 0 Å². The molecular weight excluding hydrogens is 264 g/mol. The molecule has 0 radical (unpaired) electrons. The van der Waals surface area contributed by atoms with Gasteiger partial charge < -0.3 is 14.8 Å². The number of rotatable bonds is 6. The lowest BCUT2D eigenvalue weighted by molar-refractivity contribution is 0.137. The van der Waals surface area contributed by atoms with Crippen molar-refractivity contribution >= 4 is 0 Å². The van der Waals surface area contributed by atoms with E-state index in [0.29, 0.717) is 6.61 Å². The highest BCUT2D eigenvalue weighted by Gasteiger charge is 2.21. The van der Waals surface area contributed by atoms with Crippen molar-refractivity contribution in [2.45, 2.75) is 58.6 Å². The first kappa shape index (κ1) is 16.2. The molecule has 0 aromatic carbocycles. The third-order valence-electron chi connectivity index (χ3n) is 3.56. The van der Waals surface area contributed by atoms with Gasteiger partial charge in [0.15, 0.2) is 0 Å². The summed E-state index contributed by atoms with van der Waals surface area (Å²) in [7, 11) is 0. The second kappa shape index (κ2) is 7.23. The van der Waals surface area contributed by atoms with Crippen LogP contribution in [0.2, 0.25) is 0 Å². The van der Waals surface area contributed by atoms with Crippen LogP contribution in [0.1, 0.15) is 51.8 Å². The molecule has 1 unspecified atom stereocenters. The molecule has 2 rings (SSSR count). The van der Waals surface area contributed by atoms with Crippen molar-refractivity contribution in [1.82, 2.24) is 10.3 Å². The zero-order chi connectivity index (χ0) is 15.3. The summed E-state index contributed by atoms with van der Waals surface area (Å²) in [4.78, 5) is 4.69. The fraction of sp³-hybridized carbons (Fsp3) is 0.706. The van der Waals surface area contributed by atoms with Gasteiger partial charge in [-0.25, -0.2) is 4.98 Å². The summed E-state index contributed by atoms with van der Waals surface area (Å²) >= 11 is 0. The Hall–Kier alpha value is -1.13. The third-order valence-corrected chi connectivity index (χ3v) is 3.56. The Bertz CT molecular complexity index is 449. The van der Waals surface area contributed by atoms with Gasteiger partial charge in [-0.3, -0.25) is 0 Å². The minimum atomic E-state index is 0.0189. The van der Waals surface area contributed by atoms with Gasteiger partial charge in [-0.15, -0.1) is 0 Å². The zero-order valence-corrected chi connectivity index (χ0v) is 13.7. The van der Waals surface area contributed by atoms with E-state index in [4.69, 9.17) is 14.5 Å². The first-order valence-electron chi connectivity index (χ1n) is 7.95. The standard InChI is InChI=1S/C17H28N2O2/c1-5-7-18-11-13-9-15(17(2,3)4)19-16(10-13)21-14-6-8-20-12-14/h9-10,14,18H,5-8,11-12H2,1-4H3. The molecule has 1 aromatic rings. The number of nitrogens with one attached hydrogen (secondary N) is 1. The van der Waals surface area contributed by atoms with E-state index in [2.05, 4.69) is 45.1 Å². The van der Waals surface area contributed by atoms with E-state index in [9.17, 15) is 0 Å². The van der Waals surface area contributed by atoms with Crippen LogP contribution in [0, 0.1) is 0 Å². The van der Waals surface area contributed by atoms with E-state index in [1.165, 1.54) is 5.56 Å². The smallest absolute Gasteiger partial charge is 0.214 e. The average Bonchev–Trinajstić information content (AvgIpc) is 2.91. The number of nitrogens with zero attached hydrogens (tertiary/aromatic N) is 1. The first-order chi connectivity index (χ1) is 9.99. The fourth-order valence-corrected chi connectivity index (χ4v) is 2.29. The normalized spacial score (nSPS) is 19.0. The number of hydrogen-bond donors (Lipinski definition) is 1. The van der Waals surface area contributed by atoms with Gasteiger partial charge in [0.05, 0.1) is 18.9 Å². The molecule has 1 aromatic heterocycles. The van der Waals surface area contributed by atoms with E-state index in [1.807, 2.05) is 0 Å². The maximum atomic E-state index is 5.99. The van der Waals surface area contributed by atoms with Gasteiger partial charge >= 0.3 is 0 Å². The van der Waals surface area contributed by atoms with E-state index >= 15 is 0 Å². The molecule has 118 valence electrons. The Labute approximate surface area is 128 Å². The maximum Gasteiger partial charge on any atom is 0.214 e. The van der Waals surface area contributed by atoms with Crippen LogP contribution in [0.15, 0.2) is 12.1 Å². The topological polar surface area (TPSA) is 43.4 Å². The second-order valence-electron chi connectivity index (χ2n) is 6.73. The van der Waals surface area contributed by atoms with Crippen molar-refractivity contribution < 1.29 is 9.47 Å². The predicted molar refractivity (Wildman–Crippen MR) is 84.8 cm³/mol. The first-order valence-corrected chi connectivity index (χ1v) is 7.95. The highest BCUT2D eigenvalue weighted by atomic mass is 16.5. The third kappa shape index (κ3) is 4.97. The monoisotopic (exact) mass is 292 g/mol. The second-order valence-corrected chi connectivity index (χ2v) is 6.73. The Morgan fingerprint density at radius 2 is 2.19 bits per heavy atom. The van der Waals surface area contributed by atoms with E-state index in [-0.39, 0.29) is 11.5 Å². The molecule has 1 saturated heterocycles. The molecule has 4 heteroatoms. The lowest BCUT2D eigenvalue weighted by atomic mass is 9.91. The van der Waals surface area contributed by atoms with Crippen LogP contribution in [-0.2, 0) is 16.7 Å². The molecule has 1 N–H and O–H groups in total. The van der Waals surface area contributed by atoms with Gasteiger partial charge in [0.1, 0.15) is 6.10 Å². The Morgan fingerprint density at radius 1 is 1.38 bits per heavy atom. The number of aromatic nitrogens is 1. The SMILES string of the molecule is CCCNCc1cc(OC2CCOC2)nc(C(C)(C)C)c1. The van der Waals surface area contributed by atoms with Crippen LogP contribution in [0.5, 0.6) is 5.88 Å². The molecule has 1 aliphatic rings. The van der Waals surface area contributed by atoms with Crippen molar-refractivity contribution in [2.24, 2.45) is 0 Å². The van der Waals surface area contributed by atoms with Crippen LogP contribution in [0.25, 0.3) is 0 Å². The maximum absolute atomic E-state index is 5.99. The van der Waals surface area contributed by atoms with Crippen LogP contribution in [0.3, 0.4) is 0 Å². The predicted octanol–water partition coefficient (Wildman–Crippen LogP) is 3.05. The van der Waals surface area contributed by atoms with Crippen molar-refractivity contribution in [3.63, 3.8) is 0 Å². The lowest BCUT2D eigenvalue weighted by Crippen LogP contribution is -2.21. The number of pyridine rings is 1. The van der Waals surface area contributed by atoms with Gasteiger partial charge in [-0.1, -0.05) is 27.7 Å². The molecule has 0 aliphatic carbocycles. The van der Waals surface area contributed by atoms with Crippen molar-refractivity contribution in [1.29, 1.82) is 0 Å². The summed E-state index contributed by atoms with van der Waals surface area (Å²) in [5.41, 5.74) is 2.33. The van der Waals surface area contributed by atoms with Crippen LogP contribution in [-0.4, -0.2) is 30.8 Å². The minimum Gasteiger partial charge on any atom is -0.472 e. The molecule has 1 fully saturated rings. The van der Waals surface area contributed by atoms with Crippen LogP contribution in [0.4, 0.5) is 0 Å². The molecule has 21 heavy (non-hydrogen) atoms. The number of ether oxygens (including phenoxy) is 2. The quantitative estimate of drug-likeness (QED) is 0.818. The highest BCUT2D eigenvalue weighted by Crippen LogP contribution is 2.25. The fourth-order valence-electron chi connectivity index (χ4n) is 2.29. The van der Waals surface area contributed by atoms with Gasteiger partial charge in [0.2, 0.25) is 5.88 Å². The molecule has 1 atom stereocenters. The summed E-state index contributed by atoms with van der Waals surface area (Å²) in [5.74, 6) is 0.728. The molecule has 0 amide bonds. The minimum absolute atomic E-state index is 0.0189. The molecule has 1 aliphatic heterocycles. The lowest BCUT2D eigenvalue weighted by Gasteiger charge is -2.21. The summed E-state index contributed by atoms with van der Waals surface area (Å²) in [6, 6.07) is 4.23. The summed E-state index contributed by atoms with van der Waals surface area (Å²) in [5, 5.41) is 3.44. The molecule has 0 bridgehead atoms. The average molecular weight is 292 g/mol. The van der Waals surface area contributed by atoms with E-state index in [1.54, 1.807) is 0 Å². The van der Waals surface area contributed by atoms with Crippen molar-refractivity contribution in [3.8, 4) is 5.88 Å². The molecule has 4 nitrogen and oxygen atoms in total. The Balaban J connectivity index is 2.15. The van der Waals surface area contributed by atoms with Gasteiger partial charge in [0, 0.05) is 24.4 Å². The van der Waals surface area contributed by atoms with Crippen molar-refractivity contribution in [2.75, 3.05) is 19.8 Å². The Morgan fingerprint density at radius 3 is 2.81 bits per heavy atom. The van der Waals surface area contributed by atoms with Gasteiger partial charge in [0.25, 0.3) is 0 Å². The summed E-state index contributed by atoms with van der Waals surface area (Å²) < 4.78 is 11.4. The largest absolute Gasteiger partial charge is 0.472 e. The highest BCUT2D eigenvalue weighted by molar-refractivity contribution is 5.28. The van der Waals surface area contributed by atoms with Crippen molar-refractivity contribution in [3.05, 3.63) is 23.4 Å². The summed E-state index contributed by atoms with van der Waals surface area (Å²) in [6.45, 7) is 12.1. The van der Waals surface area contributed by atoms with E-state index in [0.717, 1.165) is 44.1 Å². The van der Waals surface area contributed by atoms with E-state index < -0.39 is 0 Å².